The van der Waals surface area contributed by atoms with Crippen molar-refractivity contribution in [2.75, 3.05) is 13.2 Å². The second kappa shape index (κ2) is 6.65. The van der Waals surface area contributed by atoms with Gasteiger partial charge in [-0.3, -0.25) is 0 Å². The molecule has 2 nitrogen and oxygen atoms in total. The molecule has 0 aromatic heterocycles. The maximum absolute atomic E-state index is 8.65. The Morgan fingerprint density at radius 2 is 1.65 bits per heavy atom. The lowest BCUT2D eigenvalue weighted by atomic mass is 9.87. The first-order valence-corrected chi connectivity index (χ1v) is 6.38. The van der Waals surface area contributed by atoms with E-state index in [1.165, 1.54) is 5.56 Å². The minimum atomic E-state index is 0.194. The van der Waals surface area contributed by atoms with Gasteiger partial charge in [0.05, 0.1) is 6.61 Å². The summed E-state index contributed by atoms with van der Waals surface area (Å²) in [7, 11) is 0. The summed E-state index contributed by atoms with van der Waals surface area (Å²) >= 11 is 0. The van der Waals surface area contributed by atoms with Gasteiger partial charge in [0.1, 0.15) is 5.75 Å². The summed E-state index contributed by atoms with van der Waals surface area (Å²) in [6.45, 7) is 7.63. The second-order valence-corrected chi connectivity index (χ2v) is 5.41. The van der Waals surface area contributed by atoms with E-state index in [2.05, 4.69) is 32.9 Å². The summed E-state index contributed by atoms with van der Waals surface area (Å²) < 4.78 is 5.64. The molecule has 1 rings (SSSR count). The number of unbranched alkanes of at least 4 members (excludes halogenated alkanes) is 2. The van der Waals surface area contributed by atoms with Gasteiger partial charge in [-0.25, -0.2) is 0 Å². The molecule has 0 atom stereocenters. The lowest BCUT2D eigenvalue weighted by Gasteiger charge is -2.19. The molecule has 2 heteroatoms. The first-order valence-electron chi connectivity index (χ1n) is 6.38. The summed E-state index contributed by atoms with van der Waals surface area (Å²) in [5.41, 5.74) is 1.52. The molecule has 1 aromatic rings. The summed E-state index contributed by atoms with van der Waals surface area (Å²) in [5.74, 6) is 0.932. The first-order chi connectivity index (χ1) is 8.04. The normalized spacial score (nSPS) is 11.5. The van der Waals surface area contributed by atoms with Crippen LogP contribution in [0.25, 0.3) is 0 Å². The van der Waals surface area contributed by atoms with Gasteiger partial charge in [0.15, 0.2) is 0 Å². The summed E-state index contributed by atoms with van der Waals surface area (Å²) in [5, 5.41) is 8.65. The Bertz CT molecular complexity index is 309. The molecular formula is C15H24O2. The zero-order valence-corrected chi connectivity index (χ0v) is 11.2. The van der Waals surface area contributed by atoms with Gasteiger partial charge in [-0.05, 0) is 42.4 Å². The number of aliphatic hydroxyl groups excluding tert-OH is 1. The van der Waals surface area contributed by atoms with E-state index in [1.807, 2.05) is 12.1 Å². The molecular weight excluding hydrogens is 212 g/mol. The Kier molecular flexibility index (Phi) is 5.49. The summed E-state index contributed by atoms with van der Waals surface area (Å²) in [6.07, 6.45) is 2.89. The zero-order valence-electron chi connectivity index (χ0n) is 11.2. The number of aliphatic hydroxyl groups is 1. The maximum Gasteiger partial charge on any atom is 0.119 e. The zero-order chi connectivity index (χ0) is 12.7. The Labute approximate surface area is 105 Å². The molecule has 0 aliphatic heterocycles. The van der Waals surface area contributed by atoms with Crippen molar-refractivity contribution in [3.8, 4) is 5.75 Å². The molecule has 0 radical (unpaired) electrons. The Morgan fingerprint density at radius 3 is 2.18 bits per heavy atom. The lowest BCUT2D eigenvalue weighted by Crippen LogP contribution is -2.10. The monoisotopic (exact) mass is 236 g/mol. The van der Waals surface area contributed by atoms with Crippen molar-refractivity contribution >= 4 is 0 Å². The van der Waals surface area contributed by atoms with E-state index in [4.69, 9.17) is 9.84 Å². The van der Waals surface area contributed by atoms with Gasteiger partial charge >= 0.3 is 0 Å². The standard InChI is InChI=1S/C15H24O2/c1-15(2,3)13-7-9-14(10-8-13)17-12-6-4-5-11-16/h7-10,16H,4-6,11-12H2,1-3H3. The van der Waals surface area contributed by atoms with Gasteiger partial charge < -0.3 is 9.84 Å². The van der Waals surface area contributed by atoms with Crippen LogP contribution in [0.15, 0.2) is 24.3 Å². The molecule has 1 aromatic carbocycles. The summed E-state index contributed by atoms with van der Waals surface area (Å²) in [6, 6.07) is 8.32. The quantitative estimate of drug-likeness (QED) is 0.766. The Balaban J connectivity index is 2.36. The van der Waals surface area contributed by atoms with E-state index in [0.717, 1.165) is 31.6 Å². The van der Waals surface area contributed by atoms with Crippen LogP contribution >= 0.6 is 0 Å². The molecule has 96 valence electrons. The fourth-order valence-corrected chi connectivity index (χ4v) is 1.63. The lowest BCUT2D eigenvalue weighted by molar-refractivity contribution is 0.266. The van der Waals surface area contributed by atoms with Crippen LogP contribution in [0.5, 0.6) is 5.75 Å². The largest absolute Gasteiger partial charge is 0.494 e. The van der Waals surface area contributed by atoms with E-state index >= 15 is 0 Å². The van der Waals surface area contributed by atoms with Crippen LogP contribution < -0.4 is 4.74 Å². The van der Waals surface area contributed by atoms with Gasteiger partial charge in [-0.1, -0.05) is 32.9 Å². The maximum atomic E-state index is 8.65. The SMILES string of the molecule is CC(C)(C)c1ccc(OCCCCCO)cc1. The van der Waals surface area contributed by atoms with Crippen molar-refractivity contribution in [2.45, 2.75) is 45.4 Å². The fraction of sp³-hybridized carbons (Fsp3) is 0.600. The highest BCUT2D eigenvalue weighted by Gasteiger charge is 2.12. The molecule has 17 heavy (non-hydrogen) atoms. The molecule has 0 amide bonds. The molecule has 0 heterocycles. The number of benzene rings is 1. The first kappa shape index (κ1) is 14.0. The van der Waals surface area contributed by atoms with E-state index in [1.54, 1.807) is 0 Å². The van der Waals surface area contributed by atoms with Crippen molar-refractivity contribution in [3.05, 3.63) is 29.8 Å². The van der Waals surface area contributed by atoms with Gasteiger partial charge in [-0.15, -0.1) is 0 Å². The second-order valence-electron chi connectivity index (χ2n) is 5.41. The molecule has 0 saturated heterocycles. The van der Waals surface area contributed by atoms with Crippen molar-refractivity contribution in [3.63, 3.8) is 0 Å². The van der Waals surface area contributed by atoms with Crippen molar-refractivity contribution < 1.29 is 9.84 Å². The molecule has 1 N–H and O–H groups in total. The number of ether oxygens (including phenoxy) is 1. The van der Waals surface area contributed by atoms with Crippen LogP contribution in [-0.4, -0.2) is 18.3 Å². The van der Waals surface area contributed by atoms with Crippen LogP contribution in [0.1, 0.15) is 45.6 Å². The summed E-state index contributed by atoms with van der Waals surface area (Å²) in [4.78, 5) is 0. The minimum Gasteiger partial charge on any atom is -0.494 e. The van der Waals surface area contributed by atoms with Crippen LogP contribution in [0.4, 0.5) is 0 Å². The van der Waals surface area contributed by atoms with Gasteiger partial charge in [0, 0.05) is 6.61 Å². The van der Waals surface area contributed by atoms with Crippen molar-refractivity contribution in [2.24, 2.45) is 0 Å². The number of hydrogen-bond acceptors (Lipinski definition) is 2. The molecule has 0 bridgehead atoms. The Morgan fingerprint density at radius 1 is 1.00 bits per heavy atom. The highest BCUT2D eigenvalue weighted by atomic mass is 16.5. The van der Waals surface area contributed by atoms with Crippen LogP contribution in [0.2, 0.25) is 0 Å². The molecule has 0 fully saturated rings. The third-order valence-electron chi connectivity index (χ3n) is 2.79. The van der Waals surface area contributed by atoms with Crippen molar-refractivity contribution in [1.82, 2.24) is 0 Å². The average molecular weight is 236 g/mol. The molecule has 0 spiro atoms. The highest BCUT2D eigenvalue weighted by molar-refractivity contribution is 5.31. The van der Waals surface area contributed by atoms with E-state index in [0.29, 0.717) is 0 Å². The highest BCUT2D eigenvalue weighted by Crippen LogP contribution is 2.24. The van der Waals surface area contributed by atoms with Gasteiger partial charge in [-0.2, -0.15) is 0 Å². The smallest absolute Gasteiger partial charge is 0.119 e. The van der Waals surface area contributed by atoms with Crippen LogP contribution in [0.3, 0.4) is 0 Å². The van der Waals surface area contributed by atoms with Crippen molar-refractivity contribution in [1.29, 1.82) is 0 Å². The third kappa shape index (κ3) is 5.22. The van der Waals surface area contributed by atoms with Gasteiger partial charge in [0.25, 0.3) is 0 Å². The Hall–Kier alpha value is -1.02. The molecule has 0 saturated carbocycles. The minimum absolute atomic E-state index is 0.194. The van der Waals surface area contributed by atoms with E-state index < -0.39 is 0 Å². The predicted octanol–water partition coefficient (Wildman–Crippen LogP) is 3.53. The fourth-order valence-electron chi connectivity index (χ4n) is 1.63. The number of hydrogen-bond donors (Lipinski definition) is 1. The van der Waals surface area contributed by atoms with E-state index in [-0.39, 0.29) is 12.0 Å². The average Bonchev–Trinajstić information content (AvgIpc) is 2.28. The van der Waals surface area contributed by atoms with Gasteiger partial charge in [0.2, 0.25) is 0 Å². The predicted molar refractivity (Wildman–Crippen MR) is 71.6 cm³/mol. The molecule has 0 aliphatic carbocycles. The van der Waals surface area contributed by atoms with Crippen LogP contribution in [-0.2, 0) is 5.41 Å². The van der Waals surface area contributed by atoms with Crippen LogP contribution in [0, 0.1) is 0 Å². The van der Waals surface area contributed by atoms with E-state index in [9.17, 15) is 0 Å². The number of rotatable bonds is 6. The third-order valence-corrected chi connectivity index (χ3v) is 2.79. The topological polar surface area (TPSA) is 29.5 Å². The molecule has 0 unspecified atom stereocenters. The molecule has 0 aliphatic rings.